The molecule has 0 spiro atoms. The number of benzene rings is 5. The van der Waals surface area contributed by atoms with Crippen molar-refractivity contribution in [3.63, 3.8) is 0 Å². The molecule has 168 valence electrons. The summed E-state index contributed by atoms with van der Waals surface area (Å²) in [5.74, 6) is 2.05. The van der Waals surface area contributed by atoms with Crippen LogP contribution in [0.15, 0.2) is 115 Å². The van der Waals surface area contributed by atoms with E-state index < -0.39 is 0 Å². The molecule has 5 aromatic carbocycles. The molecule has 34 heavy (non-hydrogen) atoms. The van der Waals surface area contributed by atoms with E-state index in [0.717, 1.165) is 39.3 Å². The lowest BCUT2D eigenvalue weighted by atomic mass is 10.0. The summed E-state index contributed by atoms with van der Waals surface area (Å²) in [4.78, 5) is 0. The van der Waals surface area contributed by atoms with Crippen LogP contribution in [0.25, 0.3) is 10.8 Å². The topological polar surface area (TPSA) is 30.5 Å². The third-order valence-corrected chi connectivity index (χ3v) is 5.64. The first kappa shape index (κ1) is 21.5. The zero-order valence-electron chi connectivity index (χ0n) is 18.6. The fraction of sp³-hybridized carbons (Fsp3) is 0.0667. The van der Waals surface area contributed by atoms with Crippen LogP contribution in [-0.4, -0.2) is 0 Å². The van der Waals surface area contributed by atoms with Gasteiger partial charge in [0.1, 0.15) is 29.7 Å². The summed E-state index contributed by atoms with van der Waals surface area (Å²) in [6, 6.07) is 36.4. The summed E-state index contributed by atoms with van der Waals surface area (Å²) in [7, 11) is 0. The van der Waals surface area contributed by atoms with Crippen LogP contribution >= 0.6 is 0 Å². The average Bonchev–Trinajstić information content (AvgIpc) is 2.88. The molecule has 0 heterocycles. The van der Waals surface area contributed by atoms with Crippen LogP contribution in [0.3, 0.4) is 0 Å². The molecule has 5 rings (SSSR count). The fourth-order valence-electron chi connectivity index (χ4n) is 3.86. The first-order valence-corrected chi connectivity index (χ1v) is 11.2. The lowest BCUT2D eigenvalue weighted by Gasteiger charge is -2.16. The molecular weight excluding hydrogens is 425 g/mol. The van der Waals surface area contributed by atoms with Crippen molar-refractivity contribution < 1.29 is 13.9 Å². The fourth-order valence-corrected chi connectivity index (χ4v) is 3.86. The zero-order valence-corrected chi connectivity index (χ0v) is 18.6. The van der Waals surface area contributed by atoms with E-state index in [4.69, 9.17) is 9.47 Å². The normalized spacial score (nSPS) is 10.7. The Morgan fingerprint density at radius 2 is 1.35 bits per heavy atom. The second kappa shape index (κ2) is 10.1. The Morgan fingerprint density at radius 1 is 0.647 bits per heavy atom. The molecule has 0 unspecified atom stereocenters. The highest BCUT2D eigenvalue weighted by Crippen LogP contribution is 2.30. The van der Waals surface area contributed by atoms with E-state index in [0.29, 0.717) is 12.1 Å². The maximum atomic E-state index is 14.1. The van der Waals surface area contributed by atoms with Crippen LogP contribution in [0.1, 0.15) is 11.1 Å². The second-order valence-electron chi connectivity index (χ2n) is 7.94. The van der Waals surface area contributed by atoms with E-state index in [1.54, 1.807) is 12.1 Å². The van der Waals surface area contributed by atoms with Crippen molar-refractivity contribution in [3.8, 4) is 17.2 Å². The Labute approximate surface area is 198 Å². The summed E-state index contributed by atoms with van der Waals surface area (Å²) < 4.78 is 26.0. The molecule has 0 atom stereocenters. The Balaban J connectivity index is 1.34. The predicted octanol–water partition coefficient (Wildman–Crippen LogP) is 7.96. The molecule has 0 bridgehead atoms. The summed E-state index contributed by atoms with van der Waals surface area (Å²) in [5.41, 5.74) is 2.52. The van der Waals surface area contributed by atoms with E-state index in [-0.39, 0.29) is 12.4 Å². The number of para-hydroxylation sites is 1. The third-order valence-electron chi connectivity index (χ3n) is 5.64. The maximum absolute atomic E-state index is 14.1. The monoisotopic (exact) mass is 449 g/mol. The van der Waals surface area contributed by atoms with Gasteiger partial charge < -0.3 is 14.8 Å². The molecule has 4 heteroatoms. The Kier molecular flexibility index (Phi) is 6.39. The lowest BCUT2D eigenvalue weighted by molar-refractivity contribution is 0.297. The van der Waals surface area contributed by atoms with Gasteiger partial charge in [0.2, 0.25) is 0 Å². The number of rotatable bonds is 8. The molecule has 0 aromatic heterocycles. The van der Waals surface area contributed by atoms with E-state index in [2.05, 4.69) is 17.4 Å². The van der Waals surface area contributed by atoms with Crippen molar-refractivity contribution in [1.82, 2.24) is 0 Å². The number of anilines is 1. The van der Waals surface area contributed by atoms with Gasteiger partial charge >= 0.3 is 0 Å². The lowest BCUT2D eigenvalue weighted by Crippen LogP contribution is -2.05. The SMILES string of the molecule is Fc1ccccc1COc1ccc2ccccc2c1CNc1ccc(Oc2ccccc2)cc1. The van der Waals surface area contributed by atoms with Crippen LogP contribution in [0, 0.1) is 5.82 Å². The van der Waals surface area contributed by atoms with Crippen molar-refractivity contribution in [3.05, 3.63) is 132 Å². The molecule has 0 fully saturated rings. The molecule has 3 nitrogen and oxygen atoms in total. The van der Waals surface area contributed by atoms with Gasteiger partial charge in [0.25, 0.3) is 0 Å². The van der Waals surface area contributed by atoms with Gasteiger partial charge in [-0.2, -0.15) is 0 Å². The van der Waals surface area contributed by atoms with Crippen molar-refractivity contribution in [2.24, 2.45) is 0 Å². The zero-order chi connectivity index (χ0) is 23.2. The summed E-state index contributed by atoms with van der Waals surface area (Å²) in [6.07, 6.45) is 0. The first-order chi connectivity index (χ1) is 16.8. The van der Waals surface area contributed by atoms with Gasteiger partial charge in [-0.05, 0) is 59.3 Å². The van der Waals surface area contributed by atoms with E-state index in [9.17, 15) is 4.39 Å². The number of ether oxygens (including phenoxy) is 2. The molecule has 5 aromatic rings. The highest BCUT2D eigenvalue weighted by molar-refractivity contribution is 5.88. The molecule has 0 saturated carbocycles. The number of fused-ring (bicyclic) bond motifs is 1. The first-order valence-electron chi connectivity index (χ1n) is 11.2. The van der Waals surface area contributed by atoms with Gasteiger partial charge in [0.15, 0.2) is 0 Å². The largest absolute Gasteiger partial charge is 0.488 e. The molecule has 1 N–H and O–H groups in total. The molecule has 0 aliphatic rings. The molecule has 0 aliphatic carbocycles. The van der Waals surface area contributed by atoms with Gasteiger partial charge in [0, 0.05) is 23.4 Å². The van der Waals surface area contributed by atoms with Crippen LogP contribution in [0.4, 0.5) is 10.1 Å². The van der Waals surface area contributed by atoms with Crippen LogP contribution in [-0.2, 0) is 13.2 Å². The molecule has 0 aliphatic heterocycles. The Bertz CT molecular complexity index is 1380. The standard InChI is InChI=1S/C30H24FNO2/c31-29-13-7-5-9-23(29)21-33-30-19-14-22-8-4-6-12-27(22)28(30)20-32-24-15-17-26(18-16-24)34-25-10-2-1-3-11-25/h1-19,32H,20-21H2. The van der Waals surface area contributed by atoms with Crippen LogP contribution < -0.4 is 14.8 Å². The van der Waals surface area contributed by atoms with E-state index in [1.807, 2.05) is 84.9 Å². The molecule has 0 radical (unpaired) electrons. The average molecular weight is 450 g/mol. The maximum Gasteiger partial charge on any atom is 0.129 e. The Morgan fingerprint density at radius 3 is 2.18 bits per heavy atom. The minimum atomic E-state index is -0.263. The van der Waals surface area contributed by atoms with Gasteiger partial charge in [-0.1, -0.05) is 66.7 Å². The number of halogens is 1. The van der Waals surface area contributed by atoms with Crippen molar-refractivity contribution in [1.29, 1.82) is 0 Å². The highest BCUT2D eigenvalue weighted by atomic mass is 19.1. The summed E-state index contributed by atoms with van der Waals surface area (Å²) in [6.45, 7) is 0.733. The van der Waals surface area contributed by atoms with Gasteiger partial charge in [-0.25, -0.2) is 4.39 Å². The minimum Gasteiger partial charge on any atom is -0.488 e. The summed E-state index contributed by atoms with van der Waals surface area (Å²) >= 11 is 0. The van der Waals surface area contributed by atoms with Gasteiger partial charge in [-0.15, -0.1) is 0 Å². The van der Waals surface area contributed by atoms with Crippen LogP contribution in [0.5, 0.6) is 17.2 Å². The smallest absolute Gasteiger partial charge is 0.129 e. The third kappa shape index (κ3) is 5.02. The molecular formula is C30H24FNO2. The van der Waals surface area contributed by atoms with E-state index in [1.165, 1.54) is 6.07 Å². The van der Waals surface area contributed by atoms with Crippen molar-refractivity contribution in [2.75, 3.05) is 5.32 Å². The van der Waals surface area contributed by atoms with Gasteiger partial charge in [0.05, 0.1) is 0 Å². The second-order valence-corrected chi connectivity index (χ2v) is 7.94. The Hall–Kier alpha value is -4.31. The predicted molar refractivity (Wildman–Crippen MR) is 135 cm³/mol. The number of nitrogens with one attached hydrogen (secondary N) is 1. The molecule has 0 saturated heterocycles. The van der Waals surface area contributed by atoms with Gasteiger partial charge in [-0.3, -0.25) is 0 Å². The highest BCUT2D eigenvalue weighted by Gasteiger charge is 2.11. The van der Waals surface area contributed by atoms with E-state index >= 15 is 0 Å². The van der Waals surface area contributed by atoms with Crippen molar-refractivity contribution in [2.45, 2.75) is 13.2 Å². The van der Waals surface area contributed by atoms with Crippen molar-refractivity contribution >= 4 is 16.5 Å². The van der Waals surface area contributed by atoms with Crippen LogP contribution in [0.2, 0.25) is 0 Å². The number of hydrogen-bond donors (Lipinski definition) is 1. The quantitative estimate of drug-likeness (QED) is 0.261. The summed E-state index contributed by atoms with van der Waals surface area (Å²) in [5, 5.41) is 5.72. The minimum absolute atomic E-state index is 0.170. The number of hydrogen-bond acceptors (Lipinski definition) is 3. The molecule has 0 amide bonds.